The van der Waals surface area contributed by atoms with Crippen LogP contribution in [-0.2, 0) is 34.6 Å². The number of ether oxygens (including phenoxy) is 2. The van der Waals surface area contributed by atoms with Crippen LogP contribution in [0.25, 0.3) is 0 Å². The Kier molecular flexibility index (Phi) is 13.6. The van der Waals surface area contributed by atoms with Crippen LogP contribution in [0.2, 0.25) is 0 Å². The minimum Gasteiger partial charge on any atom is -0.497 e. The van der Waals surface area contributed by atoms with Gasteiger partial charge in [-0.25, -0.2) is 4.39 Å². The third kappa shape index (κ3) is 11.1. The Labute approximate surface area is 274 Å². The van der Waals surface area contributed by atoms with Crippen LogP contribution in [0, 0.1) is 11.7 Å². The fourth-order valence-electron chi connectivity index (χ4n) is 4.11. The van der Waals surface area contributed by atoms with E-state index in [4.69, 9.17) is 9.47 Å². The molecule has 0 spiro atoms. The number of alkyl halides is 7. The van der Waals surface area contributed by atoms with E-state index in [2.05, 4.69) is 10.6 Å². The van der Waals surface area contributed by atoms with Crippen LogP contribution in [0.3, 0.4) is 0 Å². The van der Waals surface area contributed by atoms with E-state index in [1.54, 1.807) is 5.32 Å². The predicted octanol–water partition coefficient (Wildman–Crippen LogP) is 3.29. The molecule has 5 amide bonds. The molecule has 0 aliphatic rings. The van der Waals surface area contributed by atoms with Gasteiger partial charge in [0.1, 0.15) is 23.7 Å². The van der Waals surface area contributed by atoms with E-state index in [9.17, 15) is 59.1 Å². The number of amides is 5. The summed E-state index contributed by atoms with van der Waals surface area (Å²) in [6.45, 7) is 1.90. The molecule has 2 aromatic carbocycles. The van der Waals surface area contributed by atoms with Crippen LogP contribution < -0.4 is 26.0 Å². The van der Waals surface area contributed by atoms with E-state index in [0.29, 0.717) is 11.4 Å². The molecule has 270 valence electrons. The quantitative estimate of drug-likeness (QED) is 0.207. The van der Waals surface area contributed by atoms with Crippen molar-refractivity contribution in [2.24, 2.45) is 5.92 Å². The molecular formula is C30H32F8N4O7. The van der Waals surface area contributed by atoms with E-state index >= 15 is 0 Å². The van der Waals surface area contributed by atoms with Crippen LogP contribution in [0.5, 0.6) is 5.75 Å². The van der Waals surface area contributed by atoms with Gasteiger partial charge in [-0.2, -0.15) is 30.7 Å². The van der Waals surface area contributed by atoms with Gasteiger partial charge in [-0.3, -0.25) is 29.3 Å². The van der Waals surface area contributed by atoms with Gasteiger partial charge in [-0.1, -0.05) is 38.1 Å². The highest BCUT2D eigenvalue weighted by molar-refractivity contribution is 6.01. The Morgan fingerprint density at radius 2 is 1.39 bits per heavy atom. The molecule has 2 aromatic rings. The molecule has 4 N–H and O–H groups in total. The lowest BCUT2D eigenvalue weighted by Gasteiger charge is -2.29. The van der Waals surface area contributed by atoms with E-state index in [-0.39, 0.29) is 11.3 Å². The normalized spacial score (nSPS) is 13.9. The number of nitrogens with one attached hydrogen (secondary N) is 4. The van der Waals surface area contributed by atoms with Crippen LogP contribution in [0.4, 0.5) is 35.1 Å². The highest BCUT2D eigenvalue weighted by Crippen LogP contribution is 2.29. The first-order valence-corrected chi connectivity index (χ1v) is 14.1. The number of halogens is 8. The maximum atomic E-state index is 14.9. The molecular weight excluding hydrogens is 680 g/mol. The molecule has 2 rings (SSSR count). The summed E-state index contributed by atoms with van der Waals surface area (Å²) < 4.78 is 120. The van der Waals surface area contributed by atoms with E-state index in [0.717, 1.165) is 25.3 Å². The topological polar surface area (TPSA) is 152 Å². The van der Waals surface area contributed by atoms with Crippen molar-refractivity contribution in [3.63, 3.8) is 0 Å². The number of hydrogen-bond acceptors (Lipinski definition) is 7. The van der Waals surface area contributed by atoms with Crippen molar-refractivity contribution >= 4 is 29.5 Å². The summed E-state index contributed by atoms with van der Waals surface area (Å²) in [4.78, 5) is 62.2. The molecule has 19 heteroatoms. The van der Waals surface area contributed by atoms with Gasteiger partial charge < -0.3 is 25.4 Å². The van der Waals surface area contributed by atoms with Gasteiger partial charge >= 0.3 is 23.9 Å². The second kappa shape index (κ2) is 16.5. The Balaban J connectivity index is 2.37. The van der Waals surface area contributed by atoms with Crippen LogP contribution in [0.1, 0.15) is 37.4 Å². The average molecular weight is 713 g/mol. The first-order valence-electron chi connectivity index (χ1n) is 14.1. The Bertz CT molecular complexity index is 1500. The molecule has 0 aliphatic carbocycles. The van der Waals surface area contributed by atoms with E-state index < -0.39 is 96.0 Å². The lowest BCUT2D eigenvalue weighted by molar-refractivity contribution is -0.178. The molecule has 0 aliphatic heterocycles. The molecule has 11 nitrogen and oxygen atoms in total. The van der Waals surface area contributed by atoms with Crippen molar-refractivity contribution in [3.8, 4) is 5.75 Å². The average Bonchev–Trinajstić information content (AvgIpc) is 3.02. The van der Waals surface area contributed by atoms with Crippen molar-refractivity contribution in [2.45, 2.75) is 56.4 Å². The summed E-state index contributed by atoms with van der Waals surface area (Å²) in [7, 11) is 2.36. The number of carbonyl (C=O) groups is 5. The van der Waals surface area contributed by atoms with Gasteiger partial charge in [-0.05, 0) is 35.7 Å². The molecule has 0 radical (unpaired) electrons. The fourth-order valence-corrected chi connectivity index (χ4v) is 4.11. The van der Waals surface area contributed by atoms with Gasteiger partial charge in [0.25, 0.3) is 11.8 Å². The first kappa shape index (κ1) is 40.4. The number of hydrogen-bond donors (Lipinski definition) is 4. The molecule has 0 saturated carbocycles. The number of benzene rings is 2. The van der Waals surface area contributed by atoms with Crippen molar-refractivity contribution in [1.29, 1.82) is 0 Å². The van der Waals surface area contributed by atoms with Crippen molar-refractivity contribution in [1.82, 2.24) is 21.3 Å². The van der Waals surface area contributed by atoms with E-state index in [1.165, 1.54) is 45.2 Å². The van der Waals surface area contributed by atoms with Gasteiger partial charge in [-0.15, -0.1) is 0 Å². The first-order chi connectivity index (χ1) is 22.6. The van der Waals surface area contributed by atoms with Crippen molar-refractivity contribution in [2.75, 3.05) is 20.8 Å². The van der Waals surface area contributed by atoms with E-state index in [1.807, 2.05) is 0 Å². The summed E-state index contributed by atoms with van der Waals surface area (Å²) in [5.41, 5.74) is -1.06. The van der Waals surface area contributed by atoms with Crippen LogP contribution >= 0.6 is 0 Å². The highest BCUT2D eigenvalue weighted by Gasteiger charge is 2.48. The largest absolute Gasteiger partial charge is 0.497 e. The monoisotopic (exact) mass is 712 g/mol. The summed E-state index contributed by atoms with van der Waals surface area (Å²) in [6.07, 6.45) is -7.23. The second-order valence-electron chi connectivity index (χ2n) is 10.8. The standard InChI is InChI=1S/C30H32F8N4O7/c1-15(2)20(13-28(32,33)25(45)42-27(47)30(36,37)38)39-24(44)22(16-8-10-19(49-4)11-9-16)41-23(43)21(14-48-3)40-26(46)29(34,35)17-6-5-7-18(31)12-17/h5-12,15,20-22H,13-14H2,1-4H3,(H,39,44)(H,40,46)(H,41,43)(H,42,45,47)/t20-,21-,22-/m0/s1. The van der Waals surface area contributed by atoms with Crippen LogP contribution in [-0.4, -0.2) is 74.5 Å². The Morgan fingerprint density at radius 3 is 1.90 bits per heavy atom. The van der Waals surface area contributed by atoms with Crippen molar-refractivity contribution < 1.29 is 68.6 Å². The lowest BCUT2D eigenvalue weighted by atomic mass is 9.95. The maximum absolute atomic E-state index is 14.9. The number of methoxy groups -OCH3 is 2. The molecule has 0 fully saturated rings. The lowest BCUT2D eigenvalue weighted by Crippen LogP contribution is -2.56. The highest BCUT2D eigenvalue weighted by atomic mass is 19.4. The number of rotatable bonds is 15. The third-order valence-corrected chi connectivity index (χ3v) is 6.85. The van der Waals surface area contributed by atoms with Gasteiger partial charge in [0.15, 0.2) is 0 Å². The summed E-state index contributed by atoms with van der Waals surface area (Å²) in [5, 5.41) is 6.71. The molecule has 0 bridgehead atoms. The Morgan fingerprint density at radius 1 is 0.776 bits per heavy atom. The minimum absolute atomic E-state index is 0.0259. The van der Waals surface area contributed by atoms with Gasteiger partial charge in [0, 0.05) is 25.1 Å². The molecule has 0 heterocycles. The maximum Gasteiger partial charge on any atom is 0.471 e. The zero-order valence-corrected chi connectivity index (χ0v) is 26.2. The zero-order chi connectivity index (χ0) is 37.3. The SMILES string of the molecule is COC[C@H](NC(=O)C(F)(F)c1cccc(F)c1)C(=O)N[C@H](C(=O)N[C@@H](CC(F)(F)C(=O)NC(=O)C(F)(F)F)C(C)C)c1ccc(OC)cc1. The summed E-state index contributed by atoms with van der Waals surface area (Å²) in [5.74, 6) is -20.7. The van der Waals surface area contributed by atoms with Gasteiger partial charge in [0.2, 0.25) is 11.8 Å². The number of imide groups is 1. The third-order valence-electron chi connectivity index (χ3n) is 6.85. The molecule has 49 heavy (non-hydrogen) atoms. The van der Waals surface area contributed by atoms with Crippen molar-refractivity contribution in [3.05, 3.63) is 65.5 Å². The Hall–Kier alpha value is -4.81. The molecule has 0 saturated heterocycles. The smallest absolute Gasteiger partial charge is 0.471 e. The van der Waals surface area contributed by atoms with Crippen LogP contribution in [0.15, 0.2) is 48.5 Å². The predicted molar refractivity (Wildman–Crippen MR) is 154 cm³/mol. The molecule has 3 atom stereocenters. The summed E-state index contributed by atoms with van der Waals surface area (Å²) >= 11 is 0. The minimum atomic E-state index is -5.64. The fraction of sp³-hybridized carbons (Fsp3) is 0.433. The zero-order valence-electron chi connectivity index (χ0n) is 26.2. The number of carbonyl (C=O) groups excluding carboxylic acids is 5. The second-order valence-corrected chi connectivity index (χ2v) is 10.8. The molecule has 0 unspecified atom stereocenters. The summed E-state index contributed by atoms with van der Waals surface area (Å²) in [6, 6.07) is 2.81. The molecule has 0 aromatic heterocycles. The van der Waals surface area contributed by atoms with Gasteiger partial charge in [0.05, 0.1) is 13.7 Å².